The van der Waals surface area contributed by atoms with Crippen molar-refractivity contribution in [1.29, 1.82) is 0 Å². The van der Waals surface area contributed by atoms with E-state index in [1.807, 2.05) is 13.8 Å². The minimum atomic E-state index is -3.55. The zero-order chi connectivity index (χ0) is 13.9. The highest BCUT2D eigenvalue weighted by Gasteiger charge is 2.26. The van der Waals surface area contributed by atoms with Crippen molar-refractivity contribution in [3.63, 3.8) is 0 Å². The van der Waals surface area contributed by atoms with E-state index in [-0.39, 0.29) is 17.7 Å². The number of nitrogens with one attached hydrogen (secondary N) is 1. The van der Waals surface area contributed by atoms with Crippen molar-refractivity contribution in [2.24, 2.45) is 5.92 Å². The van der Waals surface area contributed by atoms with Gasteiger partial charge in [0.1, 0.15) is 11.9 Å². The van der Waals surface area contributed by atoms with Crippen molar-refractivity contribution in [1.82, 2.24) is 15.5 Å². The van der Waals surface area contributed by atoms with Gasteiger partial charge in [0.05, 0.1) is 0 Å². The molecule has 0 saturated heterocycles. The van der Waals surface area contributed by atoms with Crippen molar-refractivity contribution in [3.8, 4) is 0 Å². The second kappa shape index (κ2) is 5.66. The maximum absolute atomic E-state index is 11.3. The van der Waals surface area contributed by atoms with Gasteiger partial charge in [0.2, 0.25) is 21.6 Å². The quantitative estimate of drug-likeness (QED) is 0.795. The van der Waals surface area contributed by atoms with Gasteiger partial charge in [0.15, 0.2) is 0 Å². The van der Waals surface area contributed by atoms with E-state index >= 15 is 0 Å². The van der Waals surface area contributed by atoms with Crippen LogP contribution in [0, 0.1) is 5.92 Å². The molecule has 0 fully saturated rings. The normalized spacial score (nSPS) is 13.6. The van der Waals surface area contributed by atoms with E-state index in [9.17, 15) is 13.2 Å². The second-order valence-corrected chi connectivity index (χ2v) is 6.26. The lowest BCUT2D eigenvalue weighted by atomic mass is 10.0. The van der Waals surface area contributed by atoms with Gasteiger partial charge in [0.25, 0.3) is 0 Å². The molecule has 9 heteroatoms. The van der Waals surface area contributed by atoms with Crippen molar-refractivity contribution < 1.29 is 17.6 Å². The average molecular weight is 296 g/mol. The zero-order valence-electron chi connectivity index (χ0n) is 10.2. The van der Waals surface area contributed by atoms with Crippen molar-refractivity contribution >= 4 is 27.3 Å². The number of nitrogens with zero attached hydrogens (tertiary/aromatic N) is 2. The molecule has 0 bridgehead atoms. The molecule has 0 spiro atoms. The molecule has 1 heterocycles. The summed E-state index contributed by atoms with van der Waals surface area (Å²) in [5.74, 6) is -0.598. The fraction of sp³-hybridized carbons (Fsp3) is 0.667. The Balaban J connectivity index is 3.00. The molecule has 0 aromatic carbocycles. The average Bonchev–Trinajstić information content (AvgIpc) is 2.73. The fourth-order valence-electron chi connectivity index (χ4n) is 1.22. The number of hydrogen-bond acceptors (Lipinski definition) is 6. The van der Waals surface area contributed by atoms with Crippen LogP contribution < -0.4 is 5.32 Å². The molecule has 0 unspecified atom stereocenters. The minimum absolute atomic E-state index is 0.0453. The van der Waals surface area contributed by atoms with Crippen LogP contribution in [-0.4, -0.2) is 36.7 Å². The molecule has 18 heavy (non-hydrogen) atoms. The summed E-state index contributed by atoms with van der Waals surface area (Å²) < 4.78 is 27.5. The van der Waals surface area contributed by atoms with Gasteiger partial charge in [-0.3, -0.25) is 4.79 Å². The number of hydrogen-bond donors (Lipinski definition) is 1. The smallest absolute Gasteiger partial charge is 0.335 e. The molecular formula is C9H14ClN3O4S. The molecule has 0 aliphatic carbocycles. The second-order valence-electron chi connectivity index (χ2n) is 4.10. The van der Waals surface area contributed by atoms with Crippen LogP contribution in [0.4, 0.5) is 0 Å². The minimum Gasteiger partial charge on any atom is -0.410 e. The van der Waals surface area contributed by atoms with Crippen LogP contribution in [0.15, 0.2) is 9.64 Å². The highest BCUT2D eigenvalue weighted by Crippen LogP contribution is 2.21. The molecule has 0 aliphatic heterocycles. The zero-order valence-corrected chi connectivity index (χ0v) is 11.7. The van der Waals surface area contributed by atoms with E-state index in [2.05, 4.69) is 15.5 Å². The van der Waals surface area contributed by atoms with Gasteiger partial charge in [-0.2, -0.15) is 0 Å². The Kier molecular flexibility index (Phi) is 4.69. The number of halogens is 1. The largest absolute Gasteiger partial charge is 0.410 e. The van der Waals surface area contributed by atoms with Crippen LogP contribution in [0.1, 0.15) is 25.8 Å². The van der Waals surface area contributed by atoms with Gasteiger partial charge >= 0.3 is 5.22 Å². The first-order chi connectivity index (χ1) is 8.25. The van der Waals surface area contributed by atoms with E-state index in [1.54, 1.807) is 0 Å². The summed E-state index contributed by atoms with van der Waals surface area (Å²) in [4.78, 5) is 11.3. The first kappa shape index (κ1) is 14.9. The summed E-state index contributed by atoms with van der Waals surface area (Å²) >= 11 is 5.39. The summed E-state index contributed by atoms with van der Waals surface area (Å²) in [6.45, 7) is 3.65. The van der Waals surface area contributed by atoms with Gasteiger partial charge in [-0.15, -0.1) is 16.7 Å². The van der Waals surface area contributed by atoms with Crippen LogP contribution in [0.25, 0.3) is 0 Å². The first-order valence-electron chi connectivity index (χ1n) is 5.14. The Bertz CT molecular complexity index is 526. The summed E-state index contributed by atoms with van der Waals surface area (Å²) in [5, 5.41) is 9.19. The molecule has 1 aromatic rings. The lowest BCUT2D eigenvalue weighted by Crippen LogP contribution is -2.32. The van der Waals surface area contributed by atoms with Gasteiger partial charge in [-0.25, -0.2) is 8.42 Å². The lowest BCUT2D eigenvalue weighted by molar-refractivity contribution is -0.119. The van der Waals surface area contributed by atoms with Crippen LogP contribution in [0.2, 0.25) is 0 Å². The molecule has 1 rings (SSSR count). The fourth-order valence-corrected chi connectivity index (χ4v) is 1.72. The van der Waals surface area contributed by atoms with Gasteiger partial charge in [-0.1, -0.05) is 18.9 Å². The number of alkyl halides is 1. The molecule has 0 aliphatic rings. The van der Waals surface area contributed by atoms with E-state index < -0.39 is 27.0 Å². The third-order valence-electron chi connectivity index (χ3n) is 2.11. The van der Waals surface area contributed by atoms with Crippen molar-refractivity contribution in [2.75, 3.05) is 12.1 Å². The number of sulfone groups is 1. The third kappa shape index (κ3) is 3.67. The molecule has 102 valence electrons. The van der Waals surface area contributed by atoms with Crippen LogP contribution in [0.3, 0.4) is 0 Å². The number of amides is 1. The SMILES string of the molecule is CC(C)[C@H](NC(=O)CCl)c1nnc(S(C)(=O)=O)o1. The predicted octanol–water partition coefficient (Wildman–Crippen LogP) is 0.525. The number of carbonyl (C=O) groups is 1. The van der Waals surface area contributed by atoms with Crippen LogP contribution >= 0.6 is 11.6 Å². The first-order valence-corrected chi connectivity index (χ1v) is 7.57. The molecule has 1 aromatic heterocycles. The van der Waals surface area contributed by atoms with E-state index in [0.717, 1.165) is 6.26 Å². The lowest BCUT2D eigenvalue weighted by Gasteiger charge is -2.17. The standard InChI is InChI=1S/C9H14ClN3O4S/c1-5(2)7(11-6(14)4-10)8-12-13-9(17-8)18(3,15)16/h5,7H,4H2,1-3H3,(H,11,14)/t7-/m0/s1. The molecule has 0 radical (unpaired) electrons. The van der Waals surface area contributed by atoms with Gasteiger partial charge in [-0.05, 0) is 5.92 Å². The van der Waals surface area contributed by atoms with Gasteiger partial charge in [0, 0.05) is 6.26 Å². The van der Waals surface area contributed by atoms with Crippen LogP contribution in [-0.2, 0) is 14.6 Å². The molecule has 1 atom stereocenters. The van der Waals surface area contributed by atoms with Crippen molar-refractivity contribution in [3.05, 3.63) is 5.89 Å². The summed E-state index contributed by atoms with van der Waals surface area (Å²) in [6, 6.07) is -0.570. The Morgan fingerprint density at radius 2 is 2.06 bits per heavy atom. The molecule has 1 N–H and O–H groups in total. The van der Waals surface area contributed by atoms with E-state index in [4.69, 9.17) is 16.0 Å². The number of carbonyl (C=O) groups excluding carboxylic acids is 1. The molecular weight excluding hydrogens is 282 g/mol. The predicted molar refractivity (Wildman–Crippen MR) is 63.8 cm³/mol. The Morgan fingerprint density at radius 3 is 2.44 bits per heavy atom. The van der Waals surface area contributed by atoms with Crippen LogP contribution in [0.5, 0.6) is 0 Å². The third-order valence-corrected chi connectivity index (χ3v) is 3.15. The Morgan fingerprint density at radius 1 is 1.44 bits per heavy atom. The van der Waals surface area contributed by atoms with E-state index in [0.29, 0.717) is 0 Å². The Hall–Kier alpha value is -1.15. The summed E-state index contributed by atoms with van der Waals surface area (Å²) in [6.07, 6.45) is 0.964. The summed E-state index contributed by atoms with van der Waals surface area (Å²) in [7, 11) is -3.55. The summed E-state index contributed by atoms with van der Waals surface area (Å²) in [5.41, 5.74) is 0. The molecule has 7 nitrogen and oxygen atoms in total. The maximum atomic E-state index is 11.3. The highest BCUT2D eigenvalue weighted by molar-refractivity contribution is 7.90. The van der Waals surface area contributed by atoms with Gasteiger partial charge < -0.3 is 9.73 Å². The maximum Gasteiger partial charge on any atom is 0.335 e. The Labute approximate surface area is 110 Å². The topological polar surface area (TPSA) is 102 Å². The van der Waals surface area contributed by atoms with Crippen molar-refractivity contribution in [2.45, 2.75) is 25.1 Å². The number of aromatic nitrogens is 2. The van der Waals surface area contributed by atoms with E-state index in [1.165, 1.54) is 0 Å². The monoisotopic (exact) mass is 295 g/mol. The number of rotatable bonds is 5. The molecule has 0 saturated carbocycles. The molecule has 1 amide bonds. The highest BCUT2D eigenvalue weighted by atomic mass is 35.5.